The van der Waals surface area contributed by atoms with Crippen molar-refractivity contribution in [2.75, 3.05) is 0 Å². The van der Waals surface area contributed by atoms with Crippen LogP contribution < -0.4 is 0 Å². The van der Waals surface area contributed by atoms with E-state index in [1.165, 1.54) is 11.1 Å². The van der Waals surface area contributed by atoms with Crippen LogP contribution in [0, 0.1) is 25.2 Å². The normalized spacial score (nSPS) is 12.2. The predicted octanol–water partition coefficient (Wildman–Crippen LogP) is 3.57. The molecule has 0 saturated heterocycles. The minimum atomic E-state index is 0.314. The maximum absolute atomic E-state index is 5.33. The molecule has 0 bridgehead atoms. The van der Waals surface area contributed by atoms with E-state index in [2.05, 4.69) is 53.9 Å². The fraction of sp³-hybridized carbons (Fsp3) is 0.333. The van der Waals surface area contributed by atoms with Gasteiger partial charge in [0.2, 0.25) is 0 Å². The van der Waals surface area contributed by atoms with E-state index < -0.39 is 0 Å². The summed E-state index contributed by atoms with van der Waals surface area (Å²) in [4.78, 5) is 0. The third kappa shape index (κ3) is 2.90. The van der Waals surface area contributed by atoms with Gasteiger partial charge in [-0.25, -0.2) is 0 Å². The minimum absolute atomic E-state index is 0.314. The maximum atomic E-state index is 5.33. The second-order valence-corrected chi connectivity index (χ2v) is 4.21. The molecule has 1 heteroatoms. The summed E-state index contributed by atoms with van der Waals surface area (Å²) in [5.74, 6) is 3.05. The van der Waals surface area contributed by atoms with E-state index in [1.807, 2.05) is 0 Å². The molecule has 1 aromatic rings. The first-order valence-corrected chi connectivity index (χ1v) is 5.14. The van der Waals surface area contributed by atoms with Crippen LogP contribution in [0.5, 0.6) is 0 Å². The van der Waals surface area contributed by atoms with E-state index in [4.69, 9.17) is 6.42 Å². The second kappa shape index (κ2) is 4.48. The highest BCUT2D eigenvalue weighted by Crippen LogP contribution is 2.19. The van der Waals surface area contributed by atoms with Crippen LogP contribution in [0.25, 0.3) is 0 Å². The van der Waals surface area contributed by atoms with Gasteiger partial charge in [-0.2, -0.15) is 0 Å². The quantitative estimate of drug-likeness (QED) is 0.690. The van der Waals surface area contributed by atoms with Gasteiger partial charge in [-0.05, 0) is 30.5 Å². The van der Waals surface area contributed by atoms with Crippen LogP contribution in [-0.2, 0) is 6.42 Å². The SMILES string of the molecule is C#CC(C)Cc1ccc(C)c(Br)c1. The molecule has 0 amide bonds. The lowest BCUT2D eigenvalue weighted by molar-refractivity contribution is 0.750. The van der Waals surface area contributed by atoms with Gasteiger partial charge in [0, 0.05) is 10.4 Å². The average Bonchev–Trinajstić information content (AvgIpc) is 2.11. The first-order chi connectivity index (χ1) is 6.13. The Morgan fingerprint density at radius 1 is 1.54 bits per heavy atom. The van der Waals surface area contributed by atoms with Gasteiger partial charge in [-0.3, -0.25) is 0 Å². The Balaban J connectivity index is 2.81. The number of terminal acetylenes is 1. The summed E-state index contributed by atoms with van der Waals surface area (Å²) in [7, 11) is 0. The van der Waals surface area contributed by atoms with Crippen LogP contribution in [0.1, 0.15) is 18.1 Å². The average molecular weight is 237 g/mol. The second-order valence-electron chi connectivity index (χ2n) is 3.36. The summed E-state index contributed by atoms with van der Waals surface area (Å²) in [6.45, 7) is 4.15. The minimum Gasteiger partial charge on any atom is -0.120 e. The van der Waals surface area contributed by atoms with Gasteiger partial charge in [0.15, 0.2) is 0 Å². The van der Waals surface area contributed by atoms with Gasteiger partial charge in [0.25, 0.3) is 0 Å². The largest absolute Gasteiger partial charge is 0.120 e. The molecule has 0 aromatic heterocycles. The summed E-state index contributed by atoms with van der Waals surface area (Å²) in [6, 6.07) is 6.39. The Kier molecular flexibility index (Phi) is 3.57. The number of hydrogen-bond acceptors (Lipinski definition) is 0. The number of hydrogen-bond donors (Lipinski definition) is 0. The summed E-state index contributed by atoms with van der Waals surface area (Å²) in [5.41, 5.74) is 2.56. The van der Waals surface area contributed by atoms with Gasteiger partial charge in [0.1, 0.15) is 0 Å². The lowest BCUT2D eigenvalue weighted by Crippen LogP contribution is -1.96. The molecule has 0 saturated carbocycles. The van der Waals surface area contributed by atoms with Crippen LogP contribution in [0.2, 0.25) is 0 Å². The van der Waals surface area contributed by atoms with Crippen LogP contribution in [0.4, 0.5) is 0 Å². The molecule has 0 nitrogen and oxygen atoms in total. The predicted molar refractivity (Wildman–Crippen MR) is 60.6 cm³/mol. The van der Waals surface area contributed by atoms with Gasteiger partial charge < -0.3 is 0 Å². The van der Waals surface area contributed by atoms with Gasteiger partial charge in [-0.15, -0.1) is 12.3 Å². The third-order valence-electron chi connectivity index (χ3n) is 2.06. The number of rotatable bonds is 2. The molecule has 0 heterocycles. The van der Waals surface area contributed by atoms with E-state index in [9.17, 15) is 0 Å². The highest BCUT2D eigenvalue weighted by molar-refractivity contribution is 9.10. The summed E-state index contributed by atoms with van der Waals surface area (Å²) in [6.07, 6.45) is 6.28. The van der Waals surface area contributed by atoms with Crippen molar-refractivity contribution in [1.82, 2.24) is 0 Å². The Bertz CT molecular complexity index is 333. The summed E-state index contributed by atoms with van der Waals surface area (Å²) < 4.78 is 1.16. The topological polar surface area (TPSA) is 0 Å². The van der Waals surface area contributed by atoms with Crippen LogP contribution in [0.3, 0.4) is 0 Å². The molecule has 1 rings (SSSR count). The third-order valence-corrected chi connectivity index (χ3v) is 2.92. The molecular weight excluding hydrogens is 224 g/mol. The lowest BCUT2D eigenvalue weighted by atomic mass is 10.0. The van der Waals surface area contributed by atoms with Crippen molar-refractivity contribution in [3.63, 3.8) is 0 Å². The van der Waals surface area contributed by atoms with Crippen LogP contribution >= 0.6 is 15.9 Å². The number of halogens is 1. The van der Waals surface area contributed by atoms with E-state index >= 15 is 0 Å². The van der Waals surface area contributed by atoms with E-state index in [0.717, 1.165) is 10.9 Å². The molecule has 0 fully saturated rings. The van der Waals surface area contributed by atoms with Gasteiger partial charge >= 0.3 is 0 Å². The van der Waals surface area contributed by atoms with Gasteiger partial charge in [0.05, 0.1) is 0 Å². The summed E-state index contributed by atoms with van der Waals surface area (Å²) >= 11 is 3.51. The van der Waals surface area contributed by atoms with Crippen LogP contribution in [0.15, 0.2) is 22.7 Å². The molecule has 0 aliphatic carbocycles. The first-order valence-electron chi connectivity index (χ1n) is 4.34. The highest BCUT2D eigenvalue weighted by atomic mass is 79.9. The van der Waals surface area contributed by atoms with Crippen molar-refractivity contribution in [2.24, 2.45) is 5.92 Å². The fourth-order valence-electron chi connectivity index (χ4n) is 1.18. The lowest BCUT2D eigenvalue weighted by Gasteiger charge is -2.05. The van der Waals surface area contributed by atoms with E-state index in [-0.39, 0.29) is 0 Å². The Morgan fingerprint density at radius 2 is 2.23 bits per heavy atom. The molecule has 0 spiro atoms. The molecule has 68 valence electrons. The van der Waals surface area contributed by atoms with Crippen molar-refractivity contribution in [3.05, 3.63) is 33.8 Å². The number of benzene rings is 1. The van der Waals surface area contributed by atoms with Crippen molar-refractivity contribution in [3.8, 4) is 12.3 Å². The molecule has 1 unspecified atom stereocenters. The van der Waals surface area contributed by atoms with Crippen LogP contribution in [-0.4, -0.2) is 0 Å². The monoisotopic (exact) mass is 236 g/mol. The van der Waals surface area contributed by atoms with E-state index in [1.54, 1.807) is 0 Å². The Labute approximate surface area is 88.5 Å². The standard InChI is InChI=1S/C12H13Br/c1-4-9(2)7-11-6-5-10(3)12(13)8-11/h1,5-6,8-9H,7H2,2-3H3. The molecule has 0 aliphatic rings. The zero-order chi connectivity index (χ0) is 9.84. The molecule has 1 aromatic carbocycles. The van der Waals surface area contributed by atoms with Crippen molar-refractivity contribution in [2.45, 2.75) is 20.3 Å². The fourth-order valence-corrected chi connectivity index (χ4v) is 1.60. The Morgan fingerprint density at radius 3 is 2.77 bits per heavy atom. The zero-order valence-corrected chi connectivity index (χ0v) is 9.56. The smallest absolute Gasteiger partial charge is 0.0212 e. The van der Waals surface area contributed by atoms with Crippen molar-refractivity contribution >= 4 is 15.9 Å². The molecule has 0 radical (unpaired) electrons. The zero-order valence-electron chi connectivity index (χ0n) is 7.97. The Hall–Kier alpha value is -0.740. The molecular formula is C12H13Br. The first kappa shape index (κ1) is 10.3. The molecule has 0 N–H and O–H groups in total. The number of aryl methyl sites for hydroxylation is 1. The maximum Gasteiger partial charge on any atom is 0.0212 e. The summed E-state index contributed by atoms with van der Waals surface area (Å²) in [5, 5.41) is 0. The molecule has 1 atom stereocenters. The highest BCUT2D eigenvalue weighted by Gasteiger charge is 2.01. The van der Waals surface area contributed by atoms with E-state index in [0.29, 0.717) is 5.92 Å². The molecule has 0 aliphatic heterocycles. The van der Waals surface area contributed by atoms with Crippen molar-refractivity contribution in [1.29, 1.82) is 0 Å². The molecule has 13 heavy (non-hydrogen) atoms. The van der Waals surface area contributed by atoms with Gasteiger partial charge in [-0.1, -0.05) is 35.0 Å². The van der Waals surface area contributed by atoms with Crippen molar-refractivity contribution < 1.29 is 0 Å².